The van der Waals surface area contributed by atoms with E-state index >= 15 is 0 Å². The summed E-state index contributed by atoms with van der Waals surface area (Å²) in [6, 6.07) is 8.19. The summed E-state index contributed by atoms with van der Waals surface area (Å²) in [5.74, 6) is 0. The zero-order valence-corrected chi connectivity index (χ0v) is 8.84. The molecular formula is C9H12BrNO. The molecule has 0 aliphatic rings. The summed E-state index contributed by atoms with van der Waals surface area (Å²) in [6.07, 6.45) is 0. The number of benzene rings is 1. The molecule has 3 heteroatoms. The van der Waals surface area contributed by atoms with Gasteiger partial charge in [-0.2, -0.15) is 5.06 Å². The van der Waals surface area contributed by atoms with Gasteiger partial charge in [-0.25, -0.2) is 0 Å². The molecule has 0 amide bonds. The summed E-state index contributed by atoms with van der Waals surface area (Å²) in [6.45, 7) is 0.809. The highest BCUT2D eigenvalue weighted by Crippen LogP contribution is 2.11. The molecule has 0 saturated carbocycles. The topological polar surface area (TPSA) is 12.5 Å². The quantitative estimate of drug-likeness (QED) is 0.739. The van der Waals surface area contributed by atoms with Crippen LogP contribution in [0.15, 0.2) is 28.7 Å². The normalized spacial score (nSPS) is 10.7. The van der Waals surface area contributed by atoms with Gasteiger partial charge < -0.3 is 4.84 Å². The van der Waals surface area contributed by atoms with Crippen LogP contribution >= 0.6 is 15.9 Å². The van der Waals surface area contributed by atoms with Crippen molar-refractivity contribution in [2.45, 2.75) is 6.54 Å². The molecule has 0 spiro atoms. The standard InChI is InChI=1S/C9H12BrNO/c1-11(12-2)7-8-3-5-9(10)6-4-8/h3-6H,7H2,1-2H3. The minimum absolute atomic E-state index is 0.809. The molecule has 1 aromatic rings. The second kappa shape index (κ2) is 4.60. The van der Waals surface area contributed by atoms with Gasteiger partial charge in [-0.3, -0.25) is 0 Å². The smallest absolute Gasteiger partial charge is 0.0575 e. The lowest BCUT2D eigenvalue weighted by Gasteiger charge is -2.12. The maximum Gasteiger partial charge on any atom is 0.0575 e. The van der Waals surface area contributed by atoms with Crippen LogP contribution in [0.2, 0.25) is 0 Å². The summed E-state index contributed by atoms with van der Waals surface area (Å²) in [5.41, 5.74) is 1.24. The maximum absolute atomic E-state index is 5.01. The van der Waals surface area contributed by atoms with Crippen LogP contribution in [0, 0.1) is 0 Å². The Kier molecular flexibility index (Phi) is 3.72. The van der Waals surface area contributed by atoms with E-state index in [-0.39, 0.29) is 0 Å². The van der Waals surface area contributed by atoms with E-state index < -0.39 is 0 Å². The number of hydrogen-bond acceptors (Lipinski definition) is 2. The molecule has 0 aliphatic carbocycles. The predicted molar refractivity (Wildman–Crippen MR) is 52.6 cm³/mol. The van der Waals surface area contributed by atoms with Crippen molar-refractivity contribution in [1.82, 2.24) is 5.06 Å². The van der Waals surface area contributed by atoms with E-state index in [1.807, 2.05) is 19.2 Å². The first-order chi connectivity index (χ1) is 5.72. The lowest BCUT2D eigenvalue weighted by atomic mass is 10.2. The first-order valence-corrected chi connectivity index (χ1v) is 4.51. The maximum atomic E-state index is 5.01. The van der Waals surface area contributed by atoms with Crippen LogP contribution in [0.1, 0.15) is 5.56 Å². The van der Waals surface area contributed by atoms with Crippen LogP contribution in [-0.4, -0.2) is 19.2 Å². The van der Waals surface area contributed by atoms with Gasteiger partial charge in [0.2, 0.25) is 0 Å². The average Bonchev–Trinajstić information content (AvgIpc) is 2.09. The molecule has 1 aromatic carbocycles. The Morgan fingerprint density at radius 3 is 2.42 bits per heavy atom. The third-order valence-electron chi connectivity index (χ3n) is 1.63. The molecule has 0 aliphatic heterocycles. The minimum Gasteiger partial charge on any atom is -0.302 e. The molecule has 0 saturated heterocycles. The second-order valence-corrected chi connectivity index (χ2v) is 3.51. The van der Waals surface area contributed by atoms with Crippen molar-refractivity contribution in [1.29, 1.82) is 0 Å². The third-order valence-corrected chi connectivity index (χ3v) is 2.16. The molecule has 1 rings (SSSR count). The molecule has 2 nitrogen and oxygen atoms in total. The average molecular weight is 230 g/mol. The monoisotopic (exact) mass is 229 g/mol. The Morgan fingerprint density at radius 2 is 1.92 bits per heavy atom. The lowest BCUT2D eigenvalue weighted by Crippen LogP contribution is -2.15. The molecule has 0 bridgehead atoms. The molecule has 0 atom stereocenters. The number of halogens is 1. The highest BCUT2D eigenvalue weighted by Gasteiger charge is 1.97. The van der Waals surface area contributed by atoms with Gasteiger partial charge in [0.1, 0.15) is 0 Å². The van der Waals surface area contributed by atoms with Gasteiger partial charge in [-0.15, -0.1) is 0 Å². The van der Waals surface area contributed by atoms with Gasteiger partial charge in [-0.05, 0) is 17.7 Å². The molecule has 0 radical (unpaired) electrons. The summed E-state index contributed by atoms with van der Waals surface area (Å²) >= 11 is 3.38. The third kappa shape index (κ3) is 2.93. The zero-order chi connectivity index (χ0) is 8.97. The Hall–Kier alpha value is -0.380. The van der Waals surface area contributed by atoms with Crippen molar-refractivity contribution in [3.63, 3.8) is 0 Å². The van der Waals surface area contributed by atoms with Crippen LogP contribution in [0.25, 0.3) is 0 Å². The Bertz CT molecular complexity index is 235. The van der Waals surface area contributed by atoms with Crippen molar-refractivity contribution in [3.05, 3.63) is 34.3 Å². The van der Waals surface area contributed by atoms with Gasteiger partial charge >= 0.3 is 0 Å². The fourth-order valence-electron chi connectivity index (χ4n) is 0.911. The molecule has 0 unspecified atom stereocenters. The van der Waals surface area contributed by atoms with E-state index in [4.69, 9.17) is 4.84 Å². The molecule has 12 heavy (non-hydrogen) atoms. The van der Waals surface area contributed by atoms with E-state index in [1.165, 1.54) is 5.56 Å². The molecule has 0 fully saturated rings. The van der Waals surface area contributed by atoms with Crippen LogP contribution in [0.3, 0.4) is 0 Å². The second-order valence-electron chi connectivity index (χ2n) is 2.60. The molecule has 66 valence electrons. The SMILES string of the molecule is CON(C)Cc1ccc(Br)cc1. The van der Waals surface area contributed by atoms with E-state index in [2.05, 4.69) is 28.1 Å². The minimum atomic E-state index is 0.809. The van der Waals surface area contributed by atoms with Crippen LogP contribution in [0.5, 0.6) is 0 Å². The molecule has 0 heterocycles. The highest BCUT2D eigenvalue weighted by atomic mass is 79.9. The Morgan fingerprint density at radius 1 is 1.33 bits per heavy atom. The van der Waals surface area contributed by atoms with Crippen molar-refractivity contribution >= 4 is 15.9 Å². The summed E-state index contributed by atoms with van der Waals surface area (Å²) in [7, 11) is 3.57. The van der Waals surface area contributed by atoms with Crippen LogP contribution in [-0.2, 0) is 11.4 Å². The molecule has 0 N–H and O–H groups in total. The largest absolute Gasteiger partial charge is 0.302 e. The Balaban J connectivity index is 2.58. The van der Waals surface area contributed by atoms with Gasteiger partial charge in [0.05, 0.1) is 7.11 Å². The summed E-state index contributed by atoms with van der Waals surface area (Å²) < 4.78 is 1.10. The fourth-order valence-corrected chi connectivity index (χ4v) is 1.18. The first kappa shape index (κ1) is 9.71. The summed E-state index contributed by atoms with van der Waals surface area (Å²) in [5, 5.41) is 1.78. The van der Waals surface area contributed by atoms with Gasteiger partial charge in [0.15, 0.2) is 0 Å². The van der Waals surface area contributed by atoms with Gasteiger partial charge in [0.25, 0.3) is 0 Å². The van der Waals surface area contributed by atoms with Gasteiger partial charge in [0, 0.05) is 18.1 Å². The number of rotatable bonds is 3. The van der Waals surface area contributed by atoms with E-state index in [0.717, 1.165) is 11.0 Å². The first-order valence-electron chi connectivity index (χ1n) is 3.72. The van der Waals surface area contributed by atoms with Crippen molar-refractivity contribution < 1.29 is 4.84 Å². The van der Waals surface area contributed by atoms with Gasteiger partial charge in [-0.1, -0.05) is 28.1 Å². The van der Waals surface area contributed by atoms with Crippen molar-refractivity contribution in [2.75, 3.05) is 14.2 Å². The van der Waals surface area contributed by atoms with Crippen molar-refractivity contribution in [2.24, 2.45) is 0 Å². The van der Waals surface area contributed by atoms with Crippen LogP contribution < -0.4 is 0 Å². The number of hydrogen-bond donors (Lipinski definition) is 0. The highest BCUT2D eigenvalue weighted by molar-refractivity contribution is 9.10. The number of hydroxylamine groups is 2. The predicted octanol–water partition coefficient (Wildman–Crippen LogP) is 2.44. The summed E-state index contributed by atoms with van der Waals surface area (Å²) in [4.78, 5) is 5.01. The van der Waals surface area contributed by atoms with E-state index in [0.29, 0.717) is 0 Å². The molecular weight excluding hydrogens is 218 g/mol. The fraction of sp³-hybridized carbons (Fsp3) is 0.333. The van der Waals surface area contributed by atoms with E-state index in [1.54, 1.807) is 12.2 Å². The number of nitrogens with zero attached hydrogens (tertiary/aromatic N) is 1. The van der Waals surface area contributed by atoms with E-state index in [9.17, 15) is 0 Å². The Labute approximate surface area is 81.2 Å². The molecule has 0 aromatic heterocycles. The zero-order valence-electron chi connectivity index (χ0n) is 7.25. The lowest BCUT2D eigenvalue weighted by molar-refractivity contribution is -0.116. The van der Waals surface area contributed by atoms with Crippen LogP contribution in [0.4, 0.5) is 0 Å². The van der Waals surface area contributed by atoms with Crippen molar-refractivity contribution in [3.8, 4) is 0 Å².